The molecule has 0 bridgehead atoms. The second-order valence-corrected chi connectivity index (χ2v) is 7.25. The number of rotatable bonds is 2. The lowest BCUT2D eigenvalue weighted by atomic mass is 9.86. The highest BCUT2D eigenvalue weighted by Crippen LogP contribution is 2.44. The van der Waals surface area contributed by atoms with Crippen molar-refractivity contribution in [1.82, 2.24) is 9.55 Å². The van der Waals surface area contributed by atoms with E-state index in [1.54, 1.807) is 31.2 Å². The third-order valence-corrected chi connectivity index (χ3v) is 5.85. The third kappa shape index (κ3) is 2.14. The summed E-state index contributed by atoms with van der Waals surface area (Å²) < 4.78 is 12.2. The minimum absolute atomic E-state index is 0.0385. The fourth-order valence-corrected chi connectivity index (χ4v) is 4.30. The Balaban J connectivity index is 1.85. The van der Waals surface area contributed by atoms with Crippen molar-refractivity contribution in [3.05, 3.63) is 51.3 Å². The molecule has 0 saturated heterocycles. The monoisotopic (exact) mass is 394 g/mol. The predicted octanol–water partition coefficient (Wildman–Crippen LogP) is 1.79. The largest absolute Gasteiger partial charge is 0.507 e. The molecule has 0 aliphatic carbocycles. The van der Waals surface area contributed by atoms with E-state index in [-0.39, 0.29) is 42.0 Å². The highest BCUT2D eigenvalue weighted by molar-refractivity contribution is 5.95. The lowest BCUT2D eigenvalue weighted by molar-refractivity contribution is -0.172. The summed E-state index contributed by atoms with van der Waals surface area (Å²) in [5.41, 5.74) is 0.507. The van der Waals surface area contributed by atoms with Crippen molar-refractivity contribution in [2.45, 2.75) is 32.1 Å². The van der Waals surface area contributed by atoms with Crippen LogP contribution in [0.15, 0.2) is 29.1 Å². The number of ether oxygens (including phenoxy) is 2. The van der Waals surface area contributed by atoms with Crippen molar-refractivity contribution in [3.63, 3.8) is 0 Å². The first-order valence-corrected chi connectivity index (χ1v) is 9.26. The van der Waals surface area contributed by atoms with Crippen molar-refractivity contribution < 1.29 is 24.5 Å². The van der Waals surface area contributed by atoms with Gasteiger partial charge in [0.25, 0.3) is 5.56 Å². The zero-order chi connectivity index (χ0) is 20.5. The van der Waals surface area contributed by atoms with E-state index in [1.165, 1.54) is 11.7 Å². The van der Waals surface area contributed by atoms with Crippen LogP contribution in [0.1, 0.15) is 30.0 Å². The van der Waals surface area contributed by atoms with Crippen LogP contribution in [0.2, 0.25) is 0 Å². The molecule has 1 aromatic carbocycles. The number of hydrogen-bond acceptors (Lipinski definition) is 7. The summed E-state index contributed by atoms with van der Waals surface area (Å²) in [5, 5.41) is 21.7. The lowest BCUT2D eigenvalue weighted by Crippen LogP contribution is -2.44. The average Bonchev–Trinajstić information content (AvgIpc) is 3.08. The van der Waals surface area contributed by atoms with Crippen LogP contribution in [0, 0.1) is 0 Å². The number of esters is 1. The molecule has 0 unspecified atom stereocenters. The van der Waals surface area contributed by atoms with Crippen LogP contribution in [-0.4, -0.2) is 32.8 Å². The van der Waals surface area contributed by atoms with E-state index in [1.807, 2.05) is 0 Å². The third-order valence-electron chi connectivity index (χ3n) is 5.85. The molecule has 5 rings (SSSR count). The second-order valence-electron chi connectivity index (χ2n) is 7.25. The lowest BCUT2D eigenvalue weighted by Gasteiger charge is -2.31. The molecular formula is C21H18N2O6. The maximum Gasteiger partial charge on any atom is 0.343 e. The van der Waals surface area contributed by atoms with Crippen LogP contribution in [-0.2, 0) is 28.3 Å². The summed E-state index contributed by atoms with van der Waals surface area (Å²) in [4.78, 5) is 30.1. The Morgan fingerprint density at radius 3 is 2.83 bits per heavy atom. The van der Waals surface area contributed by atoms with Crippen molar-refractivity contribution in [2.24, 2.45) is 0 Å². The van der Waals surface area contributed by atoms with Gasteiger partial charge in [-0.3, -0.25) is 4.79 Å². The first-order valence-electron chi connectivity index (χ1n) is 9.26. The fraction of sp³-hybridized carbons (Fsp3) is 0.286. The topological polar surface area (TPSA) is 111 Å². The molecule has 8 heteroatoms. The summed E-state index contributed by atoms with van der Waals surface area (Å²) >= 11 is 0. The molecule has 3 aromatic rings. The normalized spacial score (nSPS) is 19.5. The number of nitrogens with zero attached hydrogens (tertiary/aromatic N) is 2. The van der Waals surface area contributed by atoms with E-state index in [9.17, 15) is 19.8 Å². The summed E-state index contributed by atoms with van der Waals surface area (Å²) in [6.07, 6.45) is 0.0803. The molecule has 4 heterocycles. The number of methoxy groups -OCH3 is 1. The Kier molecular flexibility index (Phi) is 3.54. The number of aromatic nitrogens is 2. The Labute approximate surface area is 165 Å². The molecule has 2 aliphatic rings. The molecule has 1 atom stereocenters. The van der Waals surface area contributed by atoms with Crippen LogP contribution in [0.5, 0.6) is 11.5 Å². The van der Waals surface area contributed by atoms with Gasteiger partial charge in [0.15, 0.2) is 5.60 Å². The maximum absolute atomic E-state index is 13.2. The Morgan fingerprint density at radius 2 is 2.10 bits per heavy atom. The number of aliphatic hydroxyl groups is 1. The van der Waals surface area contributed by atoms with Crippen LogP contribution < -0.4 is 10.3 Å². The van der Waals surface area contributed by atoms with Gasteiger partial charge in [0.05, 0.1) is 41.5 Å². The number of carbonyl (C=O) groups excluding carboxylic acids is 1. The summed E-state index contributed by atoms with van der Waals surface area (Å²) in [6.45, 7) is 1.68. The van der Waals surface area contributed by atoms with Crippen LogP contribution >= 0.6 is 0 Å². The molecule has 0 saturated carbocycles. The fourth-order valence-electron chi connectivity index (χ4n) is 4.30. The van der Waals surface area contributed by atoms with Gasteiger partial charge in [-0.1, -0.05) is 13.0 Å². The number of fused-ring (bicyclic) bond motifs is 5. The number of phenols is 1. The van der Waals surface area contributed by atoms with E-state index in [0.717, 1.165) is 0 Å². The number of benzene rings is 1. The molecule has 0 radical (unpaired) electrons. The zero-order valence-corrected chi connectivity index (χ0v) is 15.9. The SMILES string of the molecule is CC[C@@]1(O)C(=O)OCc2c1cc1n(c2=O)Cc2c-1nc1cccc(O)c1c2OC. The molecule has 2 aromatic heterocycles. The first kappa shape index (κ1) is 17.7. The Hall–Kier alpha value is -3.39. The van der Waals surface area contributed by atoms with Gasteiger partial charge >= 0.3 is 5.97 Å². The van der Waals surface area contributed by atoms with E-state index < -0.39 is 11.6 Å². The smallest absolute Gasteiger partial charge is 0.343 e. The van der Waals surface area contributed by atoms with E-state index in [0.29, 0.717) is 33.6 Å². The van der Waals surface area contributed by atoms with Crippen molar-refractivity contribution in [3.8, 4) is 22.9 Å². The minimum Gasteiger partial charge on any atom is -0.507 e. The summed E-state index contributed by atoms with van der Waals surface area (Å²) in [6, 6.07) is 6.62. The Bertz CT molecular complexity index is 1280. The van der Waals surface area contributed by atoms with Gasteiger partial charge in [-0.2, -0.15) is 0 Å². The standard InChI is InChI=1S/C21H18N2O6/c1-3-21(27)12-7-14-17-10(8-23(14)19(25)11(12)9-29-20(21)26)18(28-2)16-13(22-17)5-4-6-15(16)24/h4-7,24,27H,3,8-9H2,1-2H3/t21-/m0/s1. The van der Waals surface area contributed by atoms with Gasteiger partial charge in [0.2, 0.25) is 0 Å². The predicted molar refractivity (Wildman–Crippen MR) is 103 cm³/mol. The molecule has 0 amide bonds. The number of phenolic OH excluding ortho intramolecular Hbond substituents is 1. The van der Waals surface area contributed by atoms with Crippen LogP contribution in [0.4, 0.5) is 0 Å². The molecule has 2 aliphatic heterocycles. The van der Waals surface area contributed by atoms with Gasteiger partial charge in [-0.05, 0) is 24.6 Å². The van der Waals surface area contributed by atoms with Gasteiger partial charge < -0.3 is 24.3 Å². The molecule has 2 N–H and O–H groups in total. The van der Waals surface area contributed by atoms with E-state index in [2.05, 4.69) is 4.98 Å². The second kappa shape index (κ2) is 5.81. The molecule has 0 fully saturated rings. The quantitative estimate of drug-likeness (QED) is 0.499. The van der Waals surface area contributed by atoms with Gasteiger partial charge in [-0.15, -0.1) is 0 Å². The van der Waals surface area contributed by atoms with Crippen molar-refractivity contribution >= 4 is 16.9 Å². The van der Waals surface area contributed by atoms with Crippen molar-refractivity contribution in [2.75, 3.05) is 7.11 Å². The maximum atomic E-state index is 13.2. The average molecular weight is 394 g/mol. The molecular weight excluding hydrogens is 376 g/mol. The number of aromatic hydroxyl groups is 1. The highest BCUT2D eigenvalue weighted by atomic mass is 16.6. The Morgan fingerprint density at radius 1 is 1.31 bits per heavy atom. The summed E-state index contributed by atoms with van der Waals surface area (Å²) in [5.74, 6) is -0.275. The van der Waals surface area contributed by atoms with Crippen molar-refractivity contribution in [1.29, 1.82) is 0 Å². The zero-order valence-electron chi connectivity index (χ0n) is 15.9. The van der Waals surface area contributed by atoms with E-state index in [4.69, 9.17) is 9.47 Å². The number of carbonyl (C=O) groups is 1. The highest BCUT2D eigenvalue weighted by Gasteiger charge is 2.45. The molecule has 148 valence electrons. The number of pyridine rings is 2. The summed E-state index contributed by atoms with van der Waals surface area (Å²) in [7, 11) is 1.50. The van der Waals surface area contributed by atoms with E-state index >= 15 is 0 Å². The van der Waals surface area contributed by atoms with Gasteiger partial charge in [-0.25, -0.2) is 9.78 Å². The molecule has 29 heavy (non-hydrogen) atoms. The van der Waals surface area contributed by atoms with Crippen LogP contribution in [0.25, 0.3) is 22.3 Å². The molecule has 8 nitrogen and oxygen atoms in total. The minimum atomic E-state index is -1.87. The van der Waals surface area contributed by atoms with Crippen LogP contribution in [0.3, 0.4) is 0 Å². The van der Waals surface area contributed by atoms with Gasteiger partial charge in [0, 0.05) is 11.1 Å². The molecule has 0 spiro atoms. The first-order chi connectivity index (χ1) is 13.9. The number of hydrogen-bond donors (Lipinski definition) is 2. The van der Waals surface area contributed by atoms with Gasteiger partial charge in [0.1, 0.15) is 18.1 Å². The number of cyclic esters (lactones) is 1.